The largest absolute Gasteiger partial charge is 0.495 e. The number of halogens is 1. The van der Waals surface area contributed by atoms with Crippen molar-refractivity contribution < 1.29 is 14.3 Å². The first-order valence-corrected chi connectivity index (χ1v) is 9.93. The maximum absolute atomic E-state index is 12.4. The number of fused-ring (bicyclic) bond motifs is 1. The van der Waals surface area contributed by atoms with E-state index >= 15 is 0 Å². The lowest BCUT2D eigenvalue weighted by Gasteiger charge is -2.10. The van der Waals surface area contributed by atoms with Gasteiger partial charge in [-0.25, -0.2) is 4.98 Å². The van der Waals surface area contributed by atoms with Gasteiger partial charge in [0.05, 0.1) is 18.5 Å². The molecule has 8 heteroatoms. The Balaban J connectivity index is 1.53. The van der Waals surface area contributed by atoms with Gasteiger partial charge in [0.2, 0.25) is 0 Å². The third-order valence-electron chi connectivity index (χ3n) is 4.87. The second-order valence-corrected chi connectivity index (χ2v) is 7.34. The summed E-state index contributed by atoms with van der Waals surface area (Å²) in [5, 5.41) is 3.41. The van der Waals surface area contributed by atoms with Crippen LogP contribution >= 0.6 is 11.6 Å². The smallest absolute Gasteiger partial charge is 0.262 e. The van der Waals surface area contributed by atoms with E-state index in [4.69, 9.17) is 26.8 Å². The molecule has 0 aliphatic carbocycles. The first-order chi connectivity index (χ1) is 15.0. The Hall–Kier alpha value is -3.71. The van der Waals surface area contributed by atoms with Crippen molar-refractivity contribution >= 4 is 34.5 Å². The van der Waals surface area contributed by atoms with E-state index in [-0.39, 0.29) is 12.5 Å². The van der Waals surface area contributed by atoms with Crippen LogP contribution < -0.4 is 20.5 Å². The van der Waals surface area contributed by atoms with E-state index in [0.717, 1.165) is 16.8 Å². The molecule has 0 bridgehead atoms. The summed E-state index contributed by atoms with van der Waals surface area (Å²) >= 11 is 6.11. The van der Waals surface area contributed by atoms with Gasteiger partial charge in [0.1, 0.15) is 5.75 Å². The average Bonchev–Trinajstić information content (AvgIpc) is 3.20. The van der Waals surface area contributed by atoms with Crippen LogP contribution in [0.3, 0.4) is 0 Å². The minimum atomic E-state index is -0.290. The van der Waals surface area contributed by atoms with Crippen LogP contribution in [0.15, 0.2) is 60.9 Å². The summed E-state index contributed by atoms with van der Waals surface area (Å²) in [7, 11) is 1.57. The summed E-state index contributed by atoms with van der Waals surface area (Å²) < 4.78 is 12.8. The van der Waals surface area contributed by atoms with Crippen LogP contribution in [0.2, 0.25) is 5.02 Å². The minimum absolute atomic E-state index is 0.163. The van der Waals surface area contributed by atoms with Crippen molar-refractivity contribution in [2.45, 2.75) is 6.92 Å². The second kappa shape index (κ2) is 8.57. The number of nitrogens with two attached hydrogens (primary N) is 1. The second-order valence-electron chi connectivity index (χ2n) is 6.94. The first-order valence-electron chi connectivity index (χ1n) is 9.55. The SMILES string of the molecule is COc1ccc(-c2cn3cccc(OCC(=O)Nc4cccc(Cl)c4C)c3n2)cc1N. The lowest BCUT2D eigenvalue weighted by atomic mass is 10.1. The Kier molecular flexibility index (Phi) is 5.68. The lowest BCUT2D eigenvalue weighted by Crippen LogP contribution is -2.20. The topological polar surface area (TPSA) is 90.9 Å². The summed E-state index contributed by atoms with van der Waals surface area (Å²) in [6.07, 6.45) is 3.74. The number of nitrogen functional groups attached to an aromatic ring is 1. The highest BCUT2D eigenvalue weighted by atomic mass is 35.5. The minimum Gasteiger partial charge on any atom is -0.495 e. The molecule has 0 atom stereocenters. The van der Waals surface area contributed by atoms with Crippen LogP contribution in [0.5, 0.6) is 11.5 Å². The Morgan fingerprint density at radius 3 is 2.81 bits per heavy atom. The van der Waals surface area contributed by atoms with Crippen molar-refractivity contribution in [2.75, 3.05) is 24.8 Å². The normalized spacial score (nSPS) is 10.8. The number of hydrogen-bond donors (Lipinski definition) is 2. The zero-order chi connectivity index (χ0) is 22.0. The Labute approximate surface area is 184 Å². The number of rotatable bonds is 6. The van der Waals surface area contributed by atoms with E-state index in [1.807, 2.05) is 41.9 Å². The van der Waals surface area contributed by atoms with Gasteiger partial charge in [0.25, 0.3) is 5.91 Å². The zero-order valence-electron chi connectivity index (χ0n) is 17.1. The number of carbonyl (C=O) groups excluding carboxylic acids is 1. The molecule has 4 aromatic rings. The van der Waals surface area contributed by atoms with E-state index in [0.29, 0.717) is 33.5 Å². The standard InChI is InChI=1S/C23H21ClN4O3/c1-14-16(24)5-3-6-18(14)26-22(29)13-31-21-7-4-10-28-12-19(27-23(21)28)15-8-9-20(30-2)17(25)11-15/h3-12H,13,25H2,1-2H3,(H,26,29). The third kappa shape index (κ3) is 4.27. The van der Waals surface area contributed by atoms with Crippen LogP contribution in [0.25, 0.3) is 16.9 Å². The van der Waals surface area contributed by atoms with Gasteiger partial charge < -0.3 is 24.9 Å². The predicted molar refractivity (Wildman–Crippen MR) is 122 cm³/mol. The average molecular weight is 437 g/mol. The number of amides is 1. The Morgan fingerprint density at radius 2 is 2.03 bits per heavy atom. The number of imidazole rings is 1. The molecular formula is C23H21ClN4O3. The maximum atomic E-state index is 12.4. The number of ether oxygens (including phenoxy) is 2. The molecule has 31 heavy (non-hydrogen) atoms. The molecule has 3 N–H and O–H groups in total. The third-order valence-corrected chi connectivity index (χ3v) is 5.28. The van der Waals surface area contributed by atoms with Crippen LogP contribution in [0, 0.1) is 6.92 Å². The van der Waals surface area contributed by atoms with Gasteiger partial charge in [-0.1, -0.05) is 17.7 Å². The molecule has 2 aromatic heterocycles. The van der Waals surface area contributed by atoms with E-state index in [1.165, 1.54) is 0 Å². The Bertz CT molecular complexity index is 1270. The molecule has 0 saturated carbocycles. The summed E-state index contributed by atoms with van der Waals surface area (Å²) in [6, 6.07) is 14.4. The molecule has 1 amide bonds. The number of carbonyl (C=O) groups is 1. The van der Waals surface area contributed by atoms with Crippen LogP contribution in [-0.2, 0) is 4.79 Å². The quantitative estimate of drug-likeness (QED) is 0.432. The molecule has 7 nitrogen and oxygen atoms in total. The van der Waals surface area contributed by atoms with Gasteiger partial charge in [-0.15, -0.1) is 0 Å². The van der Waals surface area contributed by atoms with Gasteiger partial charge in [-0.2, -0.15) is 0 Å². The van der Waals surface area contributed by atoms with Crippen LogP contribution in [0.1, 0.15) is 5.56 Å². The summed E-state index contributed by atoms with van der Waals surface area (Å²) in [5.74, 6) is 0.813. The molecule has 0 fully saturated rings. The van der Waals surface area contributed by atoms with Crippen molar-refractivity contribution in [2.24, 2.45) is 0 Å². The summed E-state index contributed by atoms with van der Waals surface area (Å²) in [6.45, 7) is 1.68. The Morgan fingerprint density at radius 1 is 1.19 bits per heavy atom. The number of nitrogens with zero attached hydrogens (tertiary/aromatic N) is 2. The number of methoxy groups -OCH3 is 1. The van der Waals surface area contributed by atoms with Crippen LogP contribution in [0.4, 0.5) is 11.4 Å². The molecule has 0 spiro atoms. The van der Waals surface area contributed by atoms with Crippen molar-refractivity contribution in [3.8, 4) is 22.8 Å². The molecule has 2 heterocycles. The fraction of sp³-hybridized carbons (Fsp3) is 0.130. The van der Waals surface area contributed by atoms with Crippen molar-refractivity contribution in [1.29, 1.82) is 0 Å². The van der Waals surface area contributed by atoms with Gasteiger partial charge in [0, 0.05) is 28.7 Å². The molecule has 0 radical (unpaired) electrons. The maximum Gasteiger partial charge on any atom is 0.262 e. The van der Waals surface area contributed by atoms with Gasteiger partial charge in [-0.05, 0) is 55.0 Å². The van der Waals surface area contributed by atoms with E-state index < -0.39 is 0 Å². The molecule has 2 aromatic carbocycles. The number of pyridine rings is 1. The van der Waals surface area contributed by atoms with E-state index in [9.17, 15) is 4.79 Å². The number of benzene rings is 2. The van der Waals surface area contributed by atoms with Crippen LogP contribution in [-0.4, -0.2) is 29.0 Å². The number of nitrogens with one attached hydrogen (secondary N) is 1. The number of anilines is 2. The molecule has 0 aliphatic heterocycles. The lowest BCUT2D eigenvalue weighted by molar-refractivity contribution is -0.118. The highest BCUT2D eigenvalue weighted by molar-refractivity contribution is 6.31. The summed E-state index contributed by atoms with van der Waals surface area (Å²) in [5.41, 5.74) is 10.2. The van der Waals surface area contributed by atoms with Gasteiger partial charge >= 0.3 is 0 Å². The molecule has 0 saturated heterocycles. The number of hydrogen-bond acceptors (Lipinski definition) is 5. The van der Waals surface area contributed by atoms with Crippen molar-refractivity contribution in [3.05, 3.63) is 71.5 Å². The highest BCUT2D eigenvalue weighted by Gasteiger charge is 2.13. The highest BCUT2D eigenvalue weighted by Crippen LogP contribution is 2.30. The fourth-order valence-corrected chi connectivity index (χ4v) is 3.38. The van der Waals surface area contributed by atoms with Crippen molar-refractivity contribution in [1.82, 2.24) is 9.38 Å². The predicted octanol–water partition coefficient (Wildman–Crippen LogP) is 4.57. The first kappa shape index (κ1) is 20.6. The van der Waals surface area contributed by atoms with Crippen molar-refractivity contribution in [3.63, 3.8) is 0 Å². The molecule has 0 aliphatic rings. The monoisotopic (exact) mass is 436 g/mol. The fourth-order valence-electron chi connectivity index (χ4n) is 3.21. The molecule has 158 valence electrons. The van der Waals surface area contributed by atoms with E-state index in [2.05, 4.69) is 10.3 Å². The number of aromatic nitrogens is 2. The molecular weight excluding hydrogens is 416 g/mol. The zero-order valence-corrected chi connectivity index (χ0v) is 17.8. The van der Waals surface area contributed by atoms with Gasteiger partial charge in [-0.3, -0.25) is 4.79 Å². The molecule has 0 unspecified atom stereocenters. The molecule has 4 rings (SSSR count). The van der Waals surface area contributed by atoms with Gasteiger partial charge in [0.15, 0.2) is 18.0 Å². The summed E-state index contributed by atoms with van der Waals surface area (Å²) in [4.78, 5) is 17.0. The van der Waals surface area contributed by atoms with E-state index in [1.54, 1.807) is 37.4 Å².